The van der Waals surface area contributed by atoms with Crippen LogP contribution in [0.4, 0.5) is 0 Å². The third-order valence-electron chi connectivity index (χ3n) is 8.60. The van der Waals surface area contributed by atoms with Gasteiger partial charge in [0.2, 0.25) is 0 Å². The lowest BCUT2D eigenvalue weighted by atomic mass is 9.49. The largest absolute Gasteiger partial charge is 0.458 e. The first-order valence-electron chi connectivity index (χ1n) is 10.1. The van der Waals surface area contributed by atoms with Crippen LogP contribution in [0.15, 0.2) is 11.6 Å². The van der Waals surface area contributed by atoms with Crippen molar-refractivity contribution < 1.29 is 19.4 Å². The van der Waals surface area contributed by atoms with Crippen LogP contribution < -0.4 is 0 Å². The number of aliphatic hydroxyl groups is 1. The second kappa shape index (κ2) is 5.18. The van der Waals surface area contributed by atoms with Gasteiger partial charge in [0.15, 0.2) is 5.78 Å². The molecule has 1 heterocycles. The zero-order chi connectivity index (χ0) is 17.4. The molecule has 4 aliphatic carbocycles. The number of aliphatic hydroxyl groups excluding tert-OH is 1. The van der Waals surface area contributed by atoms with E-state index in [2.05, 4.69) is 6.92 Å². The summed E-state index contributed by atoms with van der Waals surface area (Å²) in [7, 11) is 0. The van der Waals surface area contributed by atoms with E-state index in [9.17, 15) is 14.7 Å². The van der Waals surface area contributed by atoms with Crippen molar-refractivity contribution in [2.24, 2.45) is 29.1 Å². The minimum atomic E-state index is -0.345. The van der Waals surface area contributed by atoms with Crippen LogP contribution in [0.1, 0.15) is 64.7 Å². The molecular formula is C21H28O4. The summed E-state index contributed by atoms with van der Waals surface area (Å²) >= 11 is 0. The molecule has 4 nitrogen and oxygen atoms in total. The Morgan fingerprint density at radius 3 is 2.72 bits per heavy atom. The Labute approximate surface area is 149 Å². The van der Waals surface area contributed by atoms with Crippen LogP contribution >= 0.6 is 0 Å². The van der Waals surface area contributed by atoms with E-state index in [-0.39, 0.29) is 28.9 Å². The van der Waals surface area contributed by atoms with E-state index in [0.29, 0.717) is 36.5 Å². The van der Waals surface area contributed by atoms with E-state index in [1.165, 1.54) is 5.57 Å². The van der Waals surface area contributed by atoms with Crippen LogP contribution in [0, 0.1) is 29.1 Å². The van der Waals surface area contributed by atoms with Gasteiger partial charge in [-0.1, -0.05) is 12.5 Å². The van der Waals surface area contributed by atoms with Crippen molar-refractivity contribution in [2.45, 2.75) is 76.4 Å². The molecule has 1 aliphatic heterocycles. The Morgan fingerprint density at radius 2 is 1.96 bits per heavy atom. The zero-order valence-electron chi connectivity index (χ0n) is 15.0. The number of allylic oxidation sites excluding steroid dienone is 1. The molecule has 5 aliphatic rings. The smallest absolute Gasteiger partial charge is 0.306 e. The second-order valence-corrected chi connectivity index (χ2v) is 9.41. The van der Waals surface area contributed by atoms with E-state index in [1.807, 2.05) is 6.08 Å². The predicted octanol–water partition coefficient (Wildman–Crippen LogP) is 3.17. The molecule has 1 spiro atoms. The number of hydrogen-bond acceptors (Lipinski definition) is 4. The summed E-state index contributed by atoms with van der Waals surface area (Å²) in [6, 6.07) is 0. The summed E-state index contributed by atoms with van der Waals surface area (Å²) in [5.74, 6) is 1.92. The Morgan fingerprint density at radius 1 is 1.12 bits per heavy atom. The minimum Gasteiger partial charge on any atom is -0.458 e. The van der Waals surface area contributed by atoms with Gasteiger partial charge in [0.1, 0.15) is 5.60 Å². The molecule has 1 saturated heterocycles. The lowest BCUT2D eigenvalue weighted by Gasteiger charge is -2.57. The van der Waals surface area contributed by atoms with Gasteiger partial charge in [-0.15, -0.1) is 0 Å². The quantitative estimate of drug-likeness (QED) is 0.686. The van der Waals surface area contributed by atoms with E-state index in [0.717, 1.165) is 44.9 Å². The monoisotopic (exact) mass is 344 g/mol. The number of carbonyl (C=O) groups is 2. The fraction of sp³-hybridized carbons (Fsp3) is 0.810. The van der Waals surface area contributed by atoms with Crippen molar-refractivity contribution in [1.82, 2.24) is 0 Å². The van der Waals surface area contributed by atoms with E-state index in [4.69, 9.17) is 4.74 Å². The molecule has 1 N–H and O–H groups in total. The van der Waals surface area contributed by atoms with Crippen molar-refractivity contribution in [3.63, 3.8) is 0 Å². The highest BCUT2D eigenvalue weighted by Crippen LogP contribution is 2.67. The molecule has 25 heavy (non-hydrogen) atoms. The molecule has 4 heteroatoms. The van der Waals surface area contributed by atoms with Crippen LogP contribution in [0.3, 0.4) is 0 Å². The molecule has 5 rings (SSSR count). The highest BCUT2D eigenvalue weighted by Gasteiger charge is 2.67. The Hall–Kier alpha value is -1.16. The minimum absolute atomic E-state index is 0.0573. The third kappa shape index (κ3) is 2.03. The average molecular weight is 344 g/mol. The summed E-state index contributed by atoms with van der Waals surface area (Å²) in [5.41, 5.74) is 0.866. The highest BCUT2D eigenvalue weighted by atomic mass is 16.6. The van der Waals surface area contributed by atoms with Gasteiger partial charge < -0.3 is 9.84 Å². The zero-order valence-corrected chi connectivity index (χ0v) is 15.0. The predicted molar refractivity (Wildman–Crippen MR) is 91.5 cm³/mol. The summed E-state index contributed by atoms with van der Waals surface area (Å²) in [6.45, 7) is 2.28. The molecule has 136 valence electrons. The maximum absolute atomic E-state index is 11.9. The van der Waals surface area contributed by atoms with Crippen LogP contribution in [0.2, 0.25) is 0 Å². The first kappa shape index (κ1) is 16.0. The number of ether oxygens (including phenoxy) is 1. The van der Waals surface area contributed by atoms with E-state index in [1.54, 1.807) is 0 Å². The Balaban J connectivity index is 1.50. The topological polar surface area (TPSA) is 63.6 Å². The van der Waals surface area contributed by atoms with Gasteiger partial charge in [0.25, 0.3) is 0 Å². The number of ketones is 1. The van der Waals surface area contributed by atoms with Crippen molar-refractivity contribution >= 4 is 11.8 Å². The van der Waals surface area contributed by atoms with Gasteiger partial charge in [-0.05, 0) is 74.7 Å². The second-order valence-electron chi connectivity index (χ2n) is 9.41. The fourth-order valence-electron chi connectivity index (χ4n) is 7.54. The Bertz CT molecular complexity index is 667. The lowest BCUT2D eigenvalue weighted by Crippen LogP contribution is -2.57. The van der Waals surface area contributed by atoms with Crippen LogP contribution in [-0.4, -0.2) is 28.6 Å². The summed E-state index contributed by atoms with van der Waals surface area (Å²) in [4.78, 5) is 23.7. The van der Waals surface area contributed by atoms with Crippen molar-refractivity contribution in [3.05, 3.63) is 11.6 Å². The van der Waals surface area contributed by atoms with Crippen molar-refractivity contribution in [3.8, 4) is 0 Å². The number of carbonyl (C=O) groups excluding carboxylic acids is 2. The molecular weight excluding hydrogens is 316 g/mol. The molecule has 0 aromatic rings. The fourth-order valence-corrected chi connectivity index (χ4v) is 7.54. The van der Waals surface area contributed by atoms with E-state index < -0.39 is 0 Å². The van der Waals surface area contributed by atoms with Gasteiger partial charge in [-0.2, -0.15) is 0 Å². The van der Waals surface area contributed by atoms with E-state index >= 15 is 0 Å². The maximum Gasteiger partial charge on any atom is 0.306 e. The van der Waals surface area contributed by atoms with Gasteiger partial charge in [0, 0.05) is 18.3 Å². The van der Waals surface area contributed by atoms with Crippen molar-refractivity contribution in [2.75, 3.05) is 0 Å². The average Bonchev–Trinajstić information content (AvgIpc) is 3.08. The number of rotatable bonds is 0. The number of esters is 1. The molecule has 0 amide bonds. The lowest BCUT2D eigenvalue weighted by molar-refractivity contribution is -0.178. The Kier molecular flexibility index (Phi) is 3.33. The molecule has 0 radical (unpaired) electrons. The van der Waals surface area contributed by atoms with Crippen LogP contribution in [-0.2, 0) is 14.3 Å². The summed E-state index contributed by atoms with van der Waals surface area (Å²) in [6.07, 6.45) is 9.32. The molecule has 0 aromatic heterocycles. The number of hydrogen-bond donors (Lipinski definition) is 1. The molecule has 0 unspecified atom stereocenters. The van der Waals surface area contributed by atoms with Crippen LogP contribution in [0.25, 0.3) is 0 Å². The van der Waals surface area contributed by atoms with Crippen LogP contribution in [0.5, 0.6) is 0 Å². The molecule has 4 fully saturated rings. The standard InChI is InChI=1S/C21H28O4/c1-20-11-17(23)19-14-5-3-13(22)10-12(14)2-4-15(19)16(20)6-8-21(20)9-7-18(24)25-21/h10,14-17,19,23H,2-9,11H2,1H3/t14-,15-,16-,17-,19+,20-,21+/m0/s1. The molecule has 0 aromatic carbocycles. The third-order valence-corrected chi connectivity index (χ3v) is 8.60. The SMILES string of the molecule is C[C@]12C[C@H](O)[C@H]3[C@@H](CCC4=CC(=O)CC[C@@H]43)[C@@H]1CC[C@@]21CCC(=O)O1. The van der Waals surface area contributed by atoms with Gasteiger partial charge in [0.05, 0.1) is 6.10 Å². The summed E-state index contributed by atoms with van der Waals surface area (Å²) < 4.78 is 5.92. The van der Waals surface area contributed by atoms with Gasteiger partial charge >= 0.3 is 5.97 Å². The normalized spacial score (nSPS) is 51.6. The molecule has 3 saturated carbocycles. The molecule has 7 atom stereocenters. The summed E-state index contributed by atoms with van der Waals surface area (Å²) in [5, 5.41) is 11.2. The molecule has 0 bridgehead atoms. The first-order valence-corrected chi connectivity index (χ1v) is 10.1. The first-order chi connectivity index (χ1) is 11.9. The van der Waals surface area contributed by atoms with Gasteiger partial charge in [-0.3, -0.25) is 9.59 Å². The number of fused-ring (bicyclic) bond motifs is 6. The highest BCUT2D eigenvalue weighted by molar-refractivity contribution is 5.91. The maximum atomic E-state index is 11.9. The van der Waals surface area contributed by atoms with Crippen molar-refractivity contribution in [1.29, 1.82) is 0 Å². The van der Waals surface area contributed by atoms with Gasteiger partial charge in [-0.25, -0.2) is 0 Å².